The third-order valence-corrected chi connectivity index (χ3v) is 2.30. The summed E-state index contributed by atoms with van der Waals surface area (Å²) in [6.45, 7) is 1.48. The number of rotatable bonds is 4. The number of ether oxygens (including phenoxy) is 2. The zero-order valence-electron chi connectivity index (χ0n) is 9.55. The molecule has 1 aromatic carbocycles. The van der Waals surface area contributed by atoms with E-state index >= 15 is 0 Å². The van der Waals surface area contributed by atoms with E-state index in [4.69, 9.17) is 11.6 Å². The van der Waals surface area contributed by atoms with E-state index in [-0.39, 0.29) is 6.61 Å². The fourth-order valence-corrected chi connectivity index (χ4v) is 1.45. The summed E-state index contributed by atoms with van der Waals surface area (Å²) in [4.78, 5) is 22.9. The first-order chi connectivity index (χ1) is 8.43. The molecule has 18 heavy (non-hydrogen) atoms. The van der Waals surface area contributed by atoms with Crippen molar-refractivity contribution in [3.8, 4) is 5.75 Å². The van der Waals surface area contributed by atoms with E-state index in [1.54, 1.807) is 0 Å². The number of hydrogen-bond acceptors (Lipinski definition) is 4. The SMILES string of the molecule is CCOC(=O)C(=O)c1cc(Cl)c(F)c(F)c1OC. The molecule has 0 amide bonds. The van der Waals surface area contributed by atoms with Crippen molar-refractivity contribution >= 4 is 23.4 Å². The maximum atomic E-state index is 13.4. The maximum Gasteiger partial charge on any atom is 0.379 e. The molecule has 0 unspecified atom stereocenters. The van der Waals surface area contributed by atoms with Gasteiger partial charge in [-0.1, -0.05) is 11.6 Å². The number of halogens is 3. The van der Waals surface area contributed by atoms with Crippen LogP contribution in [0.5, 0.6) is 5.75 Å². The van der Waals surface area contributed by atoms with Crippen LogP contribution < -0.4 is 4.74 Å². The molecular weight excluding hydrogens is 270 g/mol. The Kier molecular flexibility index (Phi) is 4.61. The van der Waals surface area contributed by atoms with Crippen LogP contribution in [0, 0.1) is 11.6 Å². The Balaban J connectivity index is 3.32. The number of carbonyl (C=O) groups excluding carboxylic acids is 2. The van der Waals surface area contributed by atoms with Gasteiger partial charge in [-0.3, -0.25) is 4.79 Å². The largest absolute Gasteiger partial charge is 0.493 e. The summed E-state index contributed by atoms with van der Waals surface area (Å²) in [5, 5.41) is -0.624. The number of carbonyl (C=O) groups is 2. The third kappa shape index (κ3) is 2.59. The van der Waals surface area contributed by atoms with Crippen molar-refractivity contribution in [3.63, 3.8) is 0 Å². The van der Waals surface area contributed by atoms with Gasteiger partial charge in [0.25, 0.3) is 5.78 Å². The predicted molar refractivity (Wildman–Crippen MR) is 58.9 cm³/mol. The number of esters is 1. The van der Waals surface area contributed by atoms with E-state index in [1.165, 1.54) is 6.92 Å². The molecule has 0 radical (unpaired) electrons. The van der Waals surface area contributed by atoms with Crippen molar-refractivity contribution < 1.29 is 27.8 Å². The molecule has 0 bridgehead atoms. The molecule has 0 heterocycles. The second-order valence-corrected chi connectivity index (χ2v) is 3.52. The molecule has 0 spiro atoms. The molecule has 4 nitrogen and oxygen atoms in total. The first kappa shape index (κ1) is 14.4. The molecule has 1 rings (SSSR count). The van der Waals surface area contributed by atoms with Gasteiger partial charge in [-0.15, -0.1) is 0 Å². The summed E-state index contributed by atoms with van der Waals surface area (Å²) >= 11 is 5.40. The molecular formula is C11H9ClF2O4. The Hall–Kier alpha value is -1.69. The highest BCUT2D eigenvalue weighted by Gasteiger charge is 2.27. The monoisotopic (exact) mass is 278 g/mol. The van der Waals surface area contributed by atoms with Gasteiger partial charge in [-0.05, 0) is 13.0 Å². The molecule has 0 saturated carbocycles. The molecule has 98 valence electrons. The summed E-state index contributed by atoms with van der Waals surface area (Å²) < 4.78 is 35.6. The van der Waals surface area contributed by atoms with E-state index in [9.17, 15) is 18.4 Å². The second kappa shape index (κ2) is 5.77. The lowest BCUT2D eigenvalue weighted by molar-refractivity contribution is -0.137. The van der Waals surface area contributed by atoms with Crippen LogP contribution in [-0.4, -0.2) is 25.5 Å². The van der Waals surface area contributed by atoms with Crippen LogP contribution in [0.2, 0.25) is 5.02 Å². The van der Waals surface area contributed by atoms with E-state index in [0.717, 1.165) is 13.2 Å². The van der Waals surface area contributed by atoms with Gasteiger partial charge in [0.05, 0.1) is 24.3 Å². The highest BCUT2D eigenvalue weighted by atomic mass is 35.5. The van der Waals surface area contributed by atoms with Crippen LogP contribution in [0.4, 0.5) is 8.78 Å². The maximum absolute atomic E-state index is 13.4. The fourth-order valence-electron chi connectivity index (χ4n) is 1.25. The fraction of sp³-hybridized carbons (Fsp3) is 0.273. The topological polar surface area (TPSA) is 52.6 Å². The standard InChI is InChI=1S/C11H9ClF2O4/c1-3-18-11(16)9(15)5-4-6(12)7(13)8(14)10(5)17-2/h4H,3H2,1-2H3. The van der Waals surface area contributed by atoms with Gasteiger partial charge in [0.1, 0.15) is 0 Å². The first-order valence-corrected chi connectivity index (χ1v) is 5.24. The number of methoxy groups -OCH3 is 1. The molecule has 0 aliphatic rings. The van der Waals surface area contributed by atoms with Crippen molar-refractivity contribution in [1.29, 1.82) is 0 Å². The van der Waals surface area contributed by atoms with E-state index in [2.05, 4.69) is 9.47 Å². The Labute approximate surface area is 106 Å². The van der Waals surface area contributed by atoms with Gasteiger partial charge in [0, 0.05) is 0 Å². The van der Waals surface area contributed by atoms with Crippen molar-refractivity contribution in [3.05, 3.63) is 28.3 Å². The normalized spacial score (nSPS) is 10.1. The second-order valence-electron chi connectivity index (χ2n) is 3.12. The number of benzene rings is 1. The van der Waals surface area contributed by atoms with Gasteiger partial charge in [-0.25, -0.2) is 9.18 Å². The summed E-state index contributed by atoms with van der Waals surface area (Å²) in [6.07, 6.45) is 0. The average Bonchev–Trinajstić information content (AvgIpc) is 2.35. The molecule has 0 N–H and O–H groups in total. The third-order valence-electron chi connectivity index (χ3n) is 2.03. The molecule has 0 saturated heterocycles. The Bertz CT molecular complexity index is 502. The minimum atomic E-state index is -1.43. The Morgan fingerprint density at radius 2 is 1.94 bits per heavy atom. The van der Waals surface area contributed by atoms with Crippen molar-refractivity contribution in [2.45, 2.75) is 6.92 Å². The minimum Gasteiger partial charge on any atom is -0.493 e. The van der Waals surface area contributed by atoms with Gasteiger partial charge in [0.2, 0.25) is 5.82 Å². The van der Waals surface area contributed by atoms with E-state index in [1.807, 2.05) is 0 Å². The number of ketones is 1. The molecule has 7 heteroatoms. The van der Waals surface area contributed by atoms with Crippen LogP contribution in [0.25, 0.3) is 0 Å². The Morgan fingerprint density at radius 3 is 2.44 bits per heavy atom. The van der Waals surface area contributed by atoms with E-state index in [0.29, 0.717) is 0 Å². The van der Waals surface area contributed by atoms with Crippen LogP contribution in [0.15, 0.2) is 6.07 Å². The van der Waals surface area contributed by atoms with Gasteiger partial charge >= 0.3 is 5.97 Å². The Morgan fingerprint density at radius 1 is 1.33 bits per heavy atom. The molecule has 0 atom stereocenters. The predicted octanol–water partition coefficient (Wildman–Crippen LogP) is 2.37. The lowest BCUT2D eigenvalue weighted by Gasteiger charge is -2.09. The van der Waals surface area contributed by atoms with Crippen LogP contribution in [0.3, 0.4) is 0 Å². The summed E-state index contributed by atoms with van der Waals surface area (Å²) in [5.74, 6) is -5.83. The van der Waals surface area contributed by atoms with Gasteiger partial charge < -0.3 is 9.47 Å². The van der Waals surface area contributed by atoms with Gasteiger partial charge in [0.15, 0.2) is 11.6 Å². The molecule has 1 aromatic rings. The minimum absolute atomic E-state index is 0.0235. The molecule has 0 fully saturated rings. The quantitative estimate of drug-likeness (QED) is 0.367. The van der Waals surface area contributed by atoms with Crippen LogP contribution in [0.1, 0.15) is 17.3 Å². The first-order valence-electron chi connectivity index (χ1n) is 4.86. The van der Waals surface area contributed by atoms with Gasteiger partial charge in [-0.2, -0.15) is 4.39 Å². The lowest BCUT2D eigenvalue weighted by Crippen LogP contribution is -2.19. The average molecular weight is 279 g/mol. The number of Topliss-reactive ketones (excluding diaryl/α,β-unsaturated/α-hetero) is 1. The zero-order valence-corrected chi connectivity index (χ0v) is 10.3. The van der Waals surface area contributed by atoms with Crippen molar-refractivity contribution in [1.82, 2.24) is 0 Å². The summed E-state index contributed by atoms with van der Waals surface area (Å²) in [7, 11) is 1.04. The van der Waals surface area contributed by atoms with Crippen LogP contribution in [-0.2, 0) is 9.53 Å². The molecule has 0 aliphatic carbocycles. The molecule has 0 aliphatic heterocycles. The van der Waals surface area contributed by atoms with Crippen LogP contribution >= 0.6 is 11.6 Å². The number of hydrogen-bond donors (Lipinski definition) is 0. The zero-order chi connectivity index (χ0) is 13.9. The smallest absolute Gasteiger partial charge is 0.379 e. The lowest BCUT2D eigenvalue weighted by atomic mass is 10.1. The highest BCUT2D eigenvalue weighted by molar-refractivity contribution is 6.42. The highest BCUT2D eigenvalue weighted by Crippen LogP contribution is 2.30. The summed E-state index contributed by atoms with van der Waals surface area (Å²) in [6, 6.07) is 0.818. The summed E-state index contributed by atoms with van der Waals surface area (Å²) in [5.41, 5.74) is -0.486. The molecule has 0 aromatic heterocycles. The van der Waals surface area contributed by atoms with Crippen molar-refractivity contribution in [2.75, 3.05) is 13.7 Å². The van der Waals surface area contributed by atoms with E-state index < -0.39 is 39.7 Å². The van der Waals surface area contributed by atoms with Crippen molar-refractivity contribution in [2.24, 2.45) is 0 Å².